The van der Waals surface area contributed by atoms with E-state index in [1.807, 2.05) is 36.4 Å². The summed E-state index contributed by atoms with van der Waals surface area (Å²) >= 11 is 0. The monoisotopic (exact) mass is 360 g/mol. The molecule has 2 amide bonds. The van der Waals surface area contributed by atoms with Crippen molar-refractivity contribution in [1.82, 2.24) is 10.0 Å². The van der Waals surface area contributed by atoms with Crippen LogP contribution in [0.2, 0.25) is 0 Å². The van der Waals surface area contributed by atoms with Gasteiger partial charge in [-0.05, 0) is 45.6 Å². The highest BCUT2D eigenvalue weighted by Crippen LogP contribution is 2.16. The van der Waals surface area contributed by atoms with E-state index in [4.69, 9.17) is 9.47 Å². The minimum absolute atomic E-state index is 0.163. The summed E-state index contributed by atoms with van der Waals surface area (Å²) in [5.41, 5.74) is 0.265. The fourth-order valence-electron chi connectivity index (χ4n) is 2.52. The largest absolute Gasteiger partial charge is 0.443 e. The number of carbonyl (C=O) groups is 2. The number of hydrogen-bond donors (Lipinski definition) is 0. The van der Waals surface area contributed by atoms with Crippen molar-refractivity contribution >= 4 is 12.2 Å². The van der Waals surface area contributed by atoms with Crippen LogP contribution in [0.1, 0.15) is 45.6 Å². The molecule has 142 valence electrons. The van der Waals surface area contributed by atoms with Crippen LogP contribution in [0.15, 0.2) is 42.5 Å². The van der Waals surface area contributed by atoms with Crippen molar-refractivity contribution in [3.63, 3.8) is 0 Å². The van der Waals surface area contributed by atoms with Gasteiger partial charge in [0.1, 0.15) is 12.2 Å². The van der Waals surface area contributed by atoms with Crippen molar-refractivity contribution in [2.24, 2.45) is 0 Å². The van der Waals surface area contributed by atoms with E-state index in [-0.39, 0.29) is 6.61 Å². The molecule has 6 heteroatoms. The summed E-state index contributed by atoms with van der Waals surface area (Å²) in [4.78, 5) is 25.3. The summed E-state index contributed by atoms with van der Waals surface area (Å²) in [6, 6.07) is 9.47. The number of benzene rings is 1. The molecule has 0 fully saturated rings. The summed E-state index contributed by atoms with van der Waals surface area (Å²) in [6.45, 7) is 6.34. The fraction of sp³-hybridized carbons (Fsp3) is 0.500. The third kappa shape index (κ3) is 6.43. The van der Waals surface area contributed by atoms with Crippen LogP contribution in [0.3, 0.4) is 0 Å². The molecule has 0 saturated heterocycles. The van der Waals surface area contributed by atoms with E-state index in [9.17, 15) is 9.59 Å². The smallest absolute Gasteiger partial charge is 0.429 e. The third-order valence-electron chi connectivity index (χ3n) is 3.73. The predicted octanol–water partition coefficient (Wildman–Crippen LogP) is 4.52. The van der Waals surface area contributed by atoms with E-state index in [1.54, 1.807) is 20.8 Å². The lowest BCUT2D eigenvalue weighted by Gasteiger charge is -2.34. The van der Waals surface area contributed by atoms with Crippen LogP contribution in [0.4, 0.5) is 9.59 Å². The van der Waals surface area contributed by atoms with Crippen molar-refractivity contribution in [1.29, 1.82) is 0 Å². The Balaban J connectivity index is 2.09. The van der Waals surface area contributed by atoms with E-state index in [0.717, 1.165) is 18.4 Å². The number of rotatable bonds is 2. The highest BCUT2D eigenvalue weighted by atomic mass is 16.6. The molecule has 1 aliphatic heterocycles. The van der Waals surface area contributed by atoms with Crippen molar-refractivity contribution in [3.8, 4) is 0 Å². The van der Waals surface area contributed by atoms with E-state index in [0.29, 0.717) is 19.5 Å². The van der Waals surface area contributed by atoms with Crippen LogP contribution in [0, 0.1) is 0 Å². The molecule has 0 aliphatic carbocycles. The first-order chi connectivity index (χ1) is 12.4. The molecule has 1 aliphatic rings. The molecule has 0 bridgehead atoms. The van der Waals surface area contributed by atoms with Gasteiger partial charge in [0.2, 0.25) is 0 Å². The zero-order valence-corrected chi connectivity index (χ0v) is 15.8. The average Bonchev–Trinajstić information content (AvgIpc) is 2.71. The standard InChI is InChI=1S/C20H28N2O4/c1-20(2,3)26-19(24)22-15-11-6-4-5-10-14-21(22)18(23)25-16-17-12-8-7-9-13-17/h4,6-9,12-13H,5,10-11,14-16H2,1-3H3/b6-4-. The number of carbonyl (C=O) groups excluding carboxylic acids is 2. The lowest BCUT2D eigenvalue weighted by Crippen LogP contribution is -2.52. The molecular weight excluding hydrogens is 332 g/mol. The first-order valence-electron chi connectivity index (χ1n) is 9.00. The highest BCUT2D eigenvalue weighted by Gasteiger charge is 2.30. The quantitative estimate of drug-likeness (QED) is 0.728. The molecule has 0 unspecified atom stereocenters. The summed E-state index contributed by atoms with van der Waals surface area (Å²) in [7, 11) is 0. The van der Waals surface area contributed by atoms with E-state index >= 15 is 0 Å². The maximum absolute atomic E-state index is 12.7. The minimum Gasteiger partial charge on any atom is -0.443 e. The minimum atomic E-state index is -0.634. The number of hydrogen-bond acceptors (Lipinski definition) is 4. The van der Waals surface area contributed by atoms with Crippen LogP contribution < -0.4 is 0 Å². The molecule has 26 heavy (non-hydrogen) atoms. The van der Waals surface area contributed by atoms with Gasteiger partial charge in [0.05, 0.1) is 0 Å². The van der Waals surface area contributed by atoms with Crippen molar-refractivity contribution in [3.05, 3.63) is 48.0 Å². The summed E-state index contributed by atoms with van der Waals surface area (Å²) in [5, 5.41) is 2.72. The van der Waals surface area contributed by atoms with Gasteiger partial charge in [-0.3, -0.25) is 0 Å². The summed E-state index contributed by atoms with van der Waals surface area (Å²) in [6.07, 6.45) is 5.27. The van der Waals surface area contributed by atoms with E-state index in [2.05, 4.69) is 6.08 Å². The summed E-state index contributed by atoms with van der Waals surface area (Å²) in [5.74, 6) is 0. The zero-order valence-electron chi connectivity index (χ0n) is 15.8. The molecule has 2 rings (SSSR count). The van der Waals surface area contributed by atoms with Gasteiger partial charge < -0.3 is 9.47 Å². The molecular formula is C20H28N2O4. The Kier molecular flexibility index (Phi) is 7.06. The number of amides is 2. The third-order valence-corrected chi connectivity index (χ3v) is 3.73. The lowest BCUT2D eigenvalue weighted by molar-refractivity contribution is -0.0475. The van der Waals surface area contributed by atoms with Crippen LogP contribution in [-0.4, -0.2) is 40.9 Å². The predicted molar refractivity (Wildman–Crippen MR) is 99.3 cm³/mol. The van der Waals surface area contributed by atoms with Gasteiger partial charge in [0.15, 0.2) is 0 Å². The molecule has 0 aromatic heterocycles. The van der Waals surface area contributed by atoms with Gasteiger partial charge in [0.25, 0.3) is 0 Å². The van der Waals surface area contributed by atoms with Gasteiger partial charge in [0, 0.05) is 13.1 Å². The van der Waals surface area contributed by atoms with Gasteiger partial charge >= 0.3 is 12.2 Å². The Bertz CT molecular complexity index is 622. The first-order valence-corrected chi connectivity index (χ1v) is 9.00. The fourth-order valence-corrected chi connectivity index (χ4v) is 2.52. The SMILES string of the molecule is CC(C)(C)OC(=O)N1CC/C=C\CCCN1C(=O)OCc1ccccc1. The van der Waals surface area contributed by atoms with E-state index in [1.165, 1.54) is 10.0 Å². The van der Waals surface area contributed by atoms with Gasteiger partial charge in [-0.25, -0.2) is 19.6 Å². The average molecular weight is 360 g/mol. The molecule has 1 aromatic rings. The Morgan fingerprint density at radius 2 is 1.62 bits per heavy atom. The Hall–Kier alpha value is -2.50. The normalized spacial score (nSPS) is 16.9. The molecule has 0 saturated carbocycles. The second-order valence-electron chi connectivity index (χ2n) is 7.17. The van der Waals surface area contributed by atoms with Crippen LogP contribution in [-0.2, 0) is 16.1 Å². The van der Waals surface area contributed by atoms with Crippen LogP contribution >= 0.6 is 0 Å². The Morgan fingerprint density at radius 1 is 0.962 bits per heavy atom. The number of allylic oxidation sites excluding steroid dienone is 1. The molecule has 0 radical (unpaired) electrons. The van der Waals surface area contributed by atoms with Crippen LogP contribution in [0.5, 0.6) is 0 Å². The molecule has 6 nitrogen and oxygen atoms in total. The summed E-state index contributed by atoms with van der Waals surface area (Å²) < 4.78 is 10.9. The lowest BCUT2D eigenvalue weighted by atomic mass is 10.2. The Morgan fingerprint density at radius 3 is 2.31 bits per heavy atom. The number of hydrazine groups is 1. The van der Waals surface area contributed by atoms with Crippen LogP contribution in [0.25, 0.3) is 0 Å². The molecule has 1 heterocycles. The number of ether oxygens (including phenoxy) is 2. The van der Waals surface area contributed by atoms with E-state index < -0.39 is 17.8 Å². The molecule has 0 atom stereocenters. The second kappa shape index (κ2) is 9.27. The molecule has 0 N–H and O–H groups in total. The maximum atomic E-state index is 12.7. The maximum Gasteiger partial charge on any atom is 0.429 e. The van der Waals surface area contributed by atoms with Gasteiger partial charge in [-0.15, -0.1) is 0 Å². The highest BCUT2D eigenvalue weighted by molar-refractivity contribution is 5.74. The van der Waals surface area contributed by atoms with Gasteiger partial charge in [-0.2, -0.15) is 0 Å². The zero-order chi connectivity index (χ0) is 19.0. The molecule has 0 spiro atoms. The van der Waals surface area contributed by atoms with Crippen molar-refractivity contribution in [2.75, 3.05) is 13.1 Å². The Labute approximate surface area is 155 Å². The molecule has 1 aromatic carbocycles. The van der Waals surface area contributed by atoms with Gasteiger partial charge in [-0.1, -0.05) is 42.5 Å². The number of nitrogens with zero attached hydrogens (tertiary/aromatic N) is 2. The first kappa shape index (κ1) is 19.8. The second-order valence-corrected chi connectivity index (χ2v) is 7.17. The van der Waals surface area contributed by atoms with Crippen molar-refractivity contribution < 1.29 is 19.1 Å². The topological polar surface area (TPSA) is 59.1 Å². The van der Waals surface area contributed by atoms with Crippen molar-refractivity contribution in [2.45, 2.75) is 52.2 Å².